The summed E-state index contributed by atoms with van der Waals surface area (Å²) in [5.41, 5.74) is 0. The second kappa shape index (κ2) is 2.83. The molecule has 1 aliphatic rings. The predicted octanol–water partition coefficient (Wildman–Crippen LogP) is 1.88. The number of carbonyl (C=O) groups is 1. The topological polar surface area (TPSA) is 17.1 Å². The van der Waals surface area contributed by atoms with Crippen LogP contribution in [0.25, 0.3) is 0 Å². The van der Waals surface area contributed by atoms with Crippen LogP contribution in [-0.4, -0.2) is 6.29 Å². The molecule has 0 aliphatic heterocycles. The molecule has 0 saturated heterocycles. The Morgan fingerprint density at radius 1 is 2.11 bits per heavy atom. The third kappa shape index (κ3) is 1.68. The fraction of sp³-hybridized carbons (Fsp3) is 0.286. The summed E-state index contributed by atoms with van der Waals surface area (Å²) in [5, 5.41) is 0.231. The Hall–Kier alpha value is -0.560. The zero-order valence-electron chi connectivity index (χ0n) is 6.67. The fourth-order valence-corrected chi connectivity index (χ4v) is 0.779. The van der Waals surface area contributed by atoms with Crippen LogP contribution in [0, 0.1) is 5.89 Å². The summed E-state index contributed by atoms with van der Waals surface area (Å²) < 4.78 is 14.8. The smallest absolute Gasteiger partial charge is 0.127 e. The fourth-order valence-electron chi connectivity index (χ4n) is 0.580. The van der Waals surface area contributed by atoms with Crippen molar-refractivity contribution in [2.45, 2.75) is 6.40 Å². The molecule has 0 amide bonds. The standard InChI is InChI=1S/C7H7ClO/c8-7-3-1-2-6(4-7)5-9/h1-3,5-6H,4H2/i4D,6D. The minimum absolute atomic E-state index is 0.231. The normalized spacial score (nSPS) is 45.0. The molecule has 0 aromatic carbocycles. The van der Waals surface area contributed by atoms with Crippen molar-refractivity contribution in [1.29, 1.82) is 0 Å². The van der Waals surface area contributed by atoms with Gasteiger partial charge in [-0.2, -0.15) is 0 Å². The summed E-state index contributed by atoms with van der Waals surface area (Å²) >= 11 is 5.57. The van der Waals surface area contributed by atoms with Gasteiger partial charge in [0.05, 0.1) is 0 Å². The van der Waals surface area contributed by atoms with Gasteiger partial charge in [-0.15, -0.1) is 0 Å². The summed E-state index contributed by atoms with van der Waals surface area (Å²) in [6.07, 6.45) is 3.86. The minimum atomic E-state index is -1.49. The molecule has 0 saturated carbocycles. The average molecular weight is 145 g/mol. The molecular weight excluding hydrogens is 136 g/mol. The molecule has 48 valence electrons. The zero-order valence-corrected chi connectivity index (χ0v) is 5.43. The Labute approximate surface area is 61.8 Å². The highest BCUT2D eigenvalue weighted by Crippen LogP contribution is 2.19. The number of rotatable bonds is 1. The van der Waals surface area contributed by atoms with Crippen LogP contribution in [0.4, 0.5) is 0 Å². The van der Waals surface area contributed by atoms with Gasteiger partial charge in [-0.25, -0.2) is 0 Å². The van der Waals surface area contributed by atoms with E-state index in [1.165, 1.54) is 18.2 Å². The average Bonchev–Trinajstić information content (AvgIpc) is 2.00. The second-order valence-corrected chi connectivity index (χ2v) is 2.11. The second-order valence-electron chi connectivity index (χ2n) is 1.67. The Bertz CT molecular complexity index is 237. The Kier molecular flexibility index (Phi) is 1.35. The summed E-state index contributed by atoms with van der Waals surface area (Å²) in [6.45, 7) is 0. The molecule has 0 radical (unpaired) electrons. The highest BCUT2D eigenvalue weighted by Gasteiger charge is 2.06. The molecule has 0 spiro atoms. The Balaban J connectivity index is 2.97. The molecule has 9 heavy (non-hydrogen) atoms. The maximum absolute atomic E-state index is 10.4. The van der Waals surface area contributed by atoms with Crippen molar-refractivity contribution >= 4 is 17.9 Å². The molecule has 0 N–H and O–H groups in total. The van der Waals surface area contributed by atoms with Crippen molar-refractivity contribution in [1.82, 2.24) is 0 Å². The quantitative estimate of drug-likeness (QED) is 0.514. The largest absolute Gasteiger partial charge is 0.303 e. The summed E-state index contributed by atoms with van der Waals surface area (Å²) in [7, 11) is 0. The summed E-state index contributed by atoms with van der Waals surface area (Å²) in [4.78, 5) is 10.4. The lowest BCUT2D eigenvalue weighted by atomic mass is 10.0. The predicted molar refractivity (Wildman–Crippen MR) is 37.2 cm³/mol. The van der Waals surface area contributed by atoms with E-state index in [2.05, 4.69) is 0 Å². The van der Waals surface area contributed by atoms with Gasteiger partial charge in [-0.05, 0) is 12.5 Å². The lowest BCUT2D eigenvalue weighted by molar-refractivity contribution is -0.109. The van der Waals surface area contributed by atoms with Crippen molar-refractivity contribution in [2.24, 2.45) is 5.89 Å². The van der Waals surface area contributed by atoms with Crippen LogP contribution in [0.5, 0.6) is 0 Å². The first kappa shape index (κ1) is 4.29. The van der Waals surface area contributed by atoms with Crippen LogP contribution >= 0.6 is 11.6 Å². The van der Waals surface area contributed by atoms with Crippen LogP contribution in [0.1, 0.15) is 9.14 Å². The molecule has 0 aromatic heterocycles. The maximum Gasteiger partial charge on any atom is 0.127 e. The van der Waals surface area contributed by atoms with Crippen molar-refractivity contribution in [3.63, 3.8) is 0 Å². The highest BCUT2D eigenvalue weighted by molar-refractivity contribution is 6.29. The lowest BCUT2D eigenvalue weighted by Crippen LogP contribution is -1.99. The van der Waals surface area contributed by atoms with Crippen molar-refractivity contribution in [3.05, 3.63) is 23.3 Å². The van der Waals surface area contributed by atoms with Crippen LogP contribution in [0.15, 0.2) is 23.3 Å². The number of aldehydes is 1. The van der Waals surface area contributed by atoms with Gasteiger partial charge < -0.3 is 4.79 Å². The van der Waals surface area contributed by atoms with Gasteiger partial charge in [0.15, 0.2) is 0 Å². The van der Waals surface area contributed by atoms with Gasteiger partial charge in [0.25, 0.3) is 0 Å². The maximum atomic E-state index is 10.4. The van der Waals surface area contributed by atoms with E-state index in [4.69, 9.17) is 14.3 Å². The van der Waals surface area contributed by atoms with E-state index in [9.17, 15) is 4.79 Å². The SMILES string of the molecule is [2H]C1C(Cl)=CC=CC1([2H])C=O. The van der Waals surface area contributed by atoms with E-state index in [0.717, 1.165) is 0 Å². The van der Waals surface area contributed by atoms with Crippen LogP contribution in [-0.2, 0) is 4.79 Å². The third-order valence-electron chi connectivity index (χ3n) is 0.985. The molecule has 0 fully saturated rings. The molecule has 2 unspecified atom stereocenters. The van der Waals surface area contributed by atoms with Crippen LogP contribution < -0.4 is 0 Å². The highest BCUT2D eigenvalue weighted by atomic mass is 35.5. The van der Waals surface area contributed by atoms with Gasteiger partial charge in [-0.1, -0.05) is 23.8 Å². The van der Waals surface area contributed by atoms with E-state index in [1.54, 1.807) is 0 Å². The molecule has 1 aliphatic carbocycles. The van der Waals surface area contributed by atoms with Gasteiger partial charge in [0, 0.05) is 13.7 Å². The van der Waals surface area contributed by atoms with Gasteiger partial charge in [0.2, 0.25) is 0 Å². The first-order valence-electron chi connectivity index (χ1n) is 3.61. The number of hydrogen-bond donors (Lipinski definition) is 0. The number of hydrogen-bond acceptors (Lipinski definition) is 1. The zero-order chi connectivity index (χ0) is 8.48. The number of carbonyl (C=O) groups excluding carboxylic acids is 1. The van der Waals surface area contributed by atoms with Crippen molar-refractivity contribution in [2.75, 3.05) is 0 Å². The monoisotopic (exact) mass is 144 g/mol. The number of halogens is 1. The molecule has 0 aromatic rings. The van der Waals surface area contributed by atoms with Gasteiger partial charge >= 0.3 is 0 Å². The molecule has 1 nitrogen and oxygen atoms in total. The van der Waals surface area contributed by atoms with E-state index < -0.39 is 12.3 Å². The third-order valence-corrected chi connectivity index (χ3v) is 1.22. The molecule has 1 rings (SSSR count). The molecular formula is C7H7ClO. The van der Waals surface area contributed by atoms with E-state index in [1.807, 2.05) is 0 Å². The van der Waals surface area contributed by atoms with Crippen LogP contribution in [0.2, 0.25) is 0 Å². The molecule has 0 bridgehead atoms. The Morgan fingerprint density at radius 3 is 3.44 bits per heavy atom. The number of allylic oxidation sites excluding steroid dienone is 4. The lowest BCUT2D eigenvalue weighted by Gasteiger charge is -2.06. The van der Waals surface area contributed by atoms with E-state index in [0.29, 0.717) is 6.29 Å². The molecule has 2 heteroatoms. The van der Waals surface area contributed by atoms with Crippen molar-refractivity contribution in [3.8, 4) is 0 Å². The Morgan fingerprint density at radius 2 is 2.89 bits per heavy atom. The molecule has 0 heterocycles. The van der Waals surface area contributed by atoms with Crippen molar-refractivity contribution < 1.29 is 7.54 Å². The van der Waals surface area contributed by atoms with Crippen LogP contribution in [0.3, 0.4) is 0 Å². The van der Waals surface area contributed by atoms with Gasteiger partial charge in [0.1, 0.15) is 6.29 Å². The van der Waals surface area contributed by atoms with E-state index in [-0.39, 0.29) is 5.03 Å². The van der Waals surface area contributed by atoms with Gasteiger partial charge in [-0.3, -0.25) is 0 Å². The summed E-state index contributed by atoms with van der Waals surface area (Å²) in [6, 6.07) is 0. The summed E-state index contributed by atoms with van der Waals surface area (Å²) in [5.74, 6) is -1.49. The first-order chi connectivity index (χ1) is 5.10. The molecule has 2 atom stereocenters. The first-order valence-corrected chi connectivity index (χ1v) is 2.91. The minimum Gasteiger partial charge on any atom is -0.303 e. The van der Waals surface area contributed by atoms with E-state index >= 15 is 0 Å².